The first-order chi connectivity index (χ1) is 11.6. The molecule has 0 aliphatic heterocycles. The number of benzene rings is 1. The van der Waals surface area contributed by atoms with E-state index in [9.17, 15) is 9.59 Å². The third-order valence-corrected chi connectivity index (χ3v) is 3.84. The molecule has 1 N–H and O–H groups in total. The van der Waals surface area contributed by atoms with Crippen molar-refractivity contribution in [1.29, 1.82) is 0 Å². The molecule has 0 radical (unpaired) electrons. The molecule has 0 atom stereocenters. The summed E-state index contributed by atoms with van der Waals surface area (Å²) in [7, 11) is 0. The van der Waals surface area contributed by atoms with Gasteiger partial charge in [-0.3, -0.25) is 9.59 Å². The summed E-state index contributed by atoms with van der Waals surface area (Å²) in [5.41, 5.74) is 1.11. The Kier molecular flexibility index (Phi) is 4.76. The number of carbonyl (C=O) groups excluding carboxylic acids is 2. The quantitative estimate of drug-likeness (QED) is 0.542. The molecule has 1 aromatic carbocycles. The normalized spacial score (nSPS) is 10.5. The van der Waals surface area contributed by atoms with E-state index in [1.54, 1.807) is 36.4 Å². The molecule has 0 aliphatic rings. The molecule has 0 saturated heterocycles. The van der Waals surface area contributed by atoms with E-state index in [-0.39, 0.29) is 28.6 Å². The molecule has 24 heavy (non-hydrogen) atoms. The zero-order chi connectivity index (χ0) is 16.9. The molecule has 3 rings (SSSR count). The van der Waals surface area contributed by atoms with Crippen molar-refractivity contribution in [2.45, 2.75) is 12.1 Å². The SMILES string of the molecule is CC(=O)c1cccc(NC(=O)CSc2nnc(-c3ccco3)o2)c1. The van der Waals surface area contributed by atoms with Gasteiger partial charge >= 0.3 is 0 Å². The average molecular weight is 343 g/mol. The number of aromatic nitrogens is 2. The maximum Gasteiger partial charge on any atom is 0.284 e. The Balaban J connectivity index is 1.56. The molecule has 122 valence electrons. The molecular weight excluding hydrogens is 330 g/mol. The highest BCUT2D eigenvalue weighted by atomic mass is 32.2. The first-order valence-electron chi connectivity index (χ1n) is 7.03. The van der Waals surface area contributed by atoms with Gasteiger partial charge in [-0.05, 0) is 31.2 Å². The van der Waals surface area contributed by atoms with Crippen LogP contribution in [0.5, 0.6) is 0 Å². The Bertz CT molecular complexity index is 858. The van der Waals surface area contributed by atoms with Crippen LogP contribution in [0, 0.1) is 0 Å². The molecule has 7 nitrogen and oxygen atoms in total. The van der Waals surface area contributed by atoms with Crippen LogP contribution in [0.25, 0.3) is 11.7 Å². The highest BCUT2D eigenvalue weighted by Crippen LogP contribution is 2.23. The number of nitrogens with one attached hydrogen (secondary N) is 1. The molecule has 0 unspecified atom stereocenters. The van der Waals surface area contributed by atoms with Gasteiger partial charge in [0.25, 0.3) is 11.1 Å². The second-order valence-corrected chi connectivity index (χ2v) is 5.75. The first kappa shape index (κ1) is 16.0. The van der Waals surface area contributed by atoms with E-state index in [1.807, 2.05) is 0 Å². The number of hydrogen-bond donors (Lipinski definition) is 1. The Morgan fingerprint density at radius 3 is 2.83 bits per heavy atom. The lowest BCUT2D eigenvalue weighted by Gasteiger charge is -2.05. The van der Waals surface area contributed by atoms with Crippen molar-refractivity contribution >= 4 is 29.1 Å². The van der Waals surface area contributed by atoms with Crippen molar-refractivity contribution in [2.75, 3.05) is 11.1 Å². The summed E-state index contributed by atoms with van der Waals surface area (Å²) >= 11 is 1.12. The number of thioether (sulfide) groups is 1. The molecule has 0 bridgehead atoms. The van der Waals surface area contributed by atoms with Gasteiger partial charge in [-0.15, -0.1) is 10.2 Å². The fourth-order valence-electron chi connectivity index (χ4n) is 1.91. The number of nitrogens with zero attached hydrogens (tertiary/aromatic N) is 2. The van der Waals surface area contributed by atoms with Crippen LogP contribution in [-0.2, 0) is 4.79 Å². The Hall–Kier alpha value is -2.87. The smallest absolute Gasteiger partial charge is 0.284 e. The van der Waals surface area contributed by atoms with Gasteiger partial charge in [0.05, 0.1) is 12.0 Å². The van der Waals surface area contributed by atoms with E-state index >= 15 is 0 Å². The lowest BCUT2D eigenvalue weighted by atomic mass is 10.1. The van der Waals surface area contributed by atoms with Crippen molar-refractivity contribution in [3.8, 4) is 11.7 Å². The summed E-state index contributed by atoms with van der Waals surface area (Å²) < 4.78 is 10.6. The number of Topliss-reactive ketones (excluding diaryl/α,β-unsaturated/α-hetero) is 1. The molecular formula is C16H13N3O4S. The van der Waals surface area contributed by atoms with E-state index in [1.165, 1.54) is 13.2 Å². The van der Waals surface area contributed by atoms with E-state index in [0.29, 0.717) is 17.0 Å². The number of furan rings is 1. The van der Waals surface area contributed by atoms with Crippen LogP contribution in [0.1, 0.15) is 17.3 Å². The second-order valence-electron chi connectivity index (χ2n) is 4.82. The molecule has 0 spiro atoms. The zero-order valence-corrected chi connectivity index (χ0v) is 13.5. The van der Waals surface area contributed by atoms with Crippen molar-refractivity contribution in [1.82, 2.24) is 10.2 Å². The second kappa shape index (κ2) is 7.14. The Labute approximate surface area is 141 Å². The summed E-state index contributed by atoms with van der Waals surface area (Å²) in [6.45, 7) is 1.48. The third kappa shape index (κ3) is 3.90. The number of rotatable bonds is 6. The minimum atomic E-state index is -0.238. The van der Waals surface area contributed by atoms with Gasteiger partial charge in [-0.25, -0.2) is 0 Å². The summed E-state index contributed by atoms with van der Waals surface area (Å²) in [5.74, 6) is 0.538. The first-order valence-corrected chi connectivity index (χ1v) is 8.01. The molecule has 0 saturated carbocycles. The molecule has 0 aliphatic carbocycles. The maximum absolute atomic E-state index is 12.0. The van der Waals surface area contributed by atoms with Gasteiger partial charge in [0.2, 0.25) is 5.91 Å². The maximum atomic E-state index is 12.0. The molecule has 8 heteroatoms. The van der Waals surface area contributed by atoms with E-state index in [2.05, 4.69) is 15.5 Å². The van der Waals surface area contributed by atoms with Gasteiger partial charge < -0.3 is 14.2 Å². The number of hydrogen-bond acceptors (Lipinski definition) is 7. The average Bonchev–Trinajstić information content (AvgIpc) is 3.24. The minimum absolute atomic E-state index is 0.0585. The highest BCUT2D eigenvalue weighted by molar-refractivity contribution is 7.99. The van der Waals surface area contributed by atoms with E-state index in [4.69, 9.17) is 8.83 Å². The van der Waals surface area contributed by atoms with Gasteiger partial charge in [0, 0.05) is 11.3 Å². The fraction of sp³-hybridized carbons (Fsp3) is 0.125. The molecule has 3 aromatic rings. The van der Waals surface area contributed by atoms with E-state index in [0.717, 1.165) is 11.8 Å². The van der Waals surface area contributed by atoms with Crippen molar-refractivity contribution in [3.63, 3.8) is 0 Å². The van der Waals surface area contributed by atoms with Gasteiger partial charge in [-0.2, -0.15) is 0 Å². The van der Waals surface area contributed by atoms with Crippen LogP contribution < -0.4 is 5.32 Å². The van der Waals surface area contributed by atoms with Crippen molar-refractivity contribution < 1.29 is 18.4 Å². The van der Waals surface area contributed by atoms with Crippen LogP contribution in [-0.4, -0.2) is 27.6 Å². The minimum Gasteiger partial charge on any atom is -0.459 e. The monoisotopic (exact) mass is 343 g/mol. The summed E-state index contributed by atoms with van der Waals surface area (Å²) in [6.07, 6.45) is 1.51. The predicted octanol–water partition coefficient (Wildman–Crippen LogP) is 3.26. The fourth-order valence-corrected chi connectivity index (χ4v) is 2.47. The van der Waals surface area contributed by atoms with Crippen LogP contribution in [0.2, 0.25) is 0 Å². The standard InChI is InChI=1S/C16H13N3O4S/c1-10(20)11-4-2-5-12(8-11)17-14(21)9-24-16-19-18-15(23-16)13-6-3-7-22-13/h2-8H,9H2,1H3,(H,17,21). The van der Waals surface area contributed by atoms with Gasteiger partial charge in [0.1, 0.15) is 0 Å². The van der Waals surface area contributed by atoms with Crippen LogP contribution in [0.15, 0.2) is 56.7 Å². The lowest BCUT2D eigenvalue weighted by molar-refractivity contribution is -0.113. The van der Waals surface area contributed by atoms with E-state index < -0.39 is 0 Å². The third-order valence-electron chi connectivity index (χ3n) is 3.02. The predicted molar refractivity (Wildman–Crippen MR) is 87.8 cm³/mol. The number of ketones is 1. The highest BCUT2D eigenvalue weighted by Gasteiger charge is 2.13. The number of amides is 1. The number of anilines is 1. The molecule has 1 amide bonds. The molecule has 0 fully saturated rings. The van der Waals surface area contributed by atoms with Crippen molar-refractivity contribution in [3.05, 3.63) is 48.2 Å². The number of carbonyl (C=O) groups is 2. The van der Waals surface area contributed by atoms with Gasteiger partial charge in [0.15, 0.2) is 11.5 Å². The summed E-state index contributed by atoms with van der Waals surface area (Å²) in [4.78, 5) is 23.3. The molecule has 2 aromatic heterocycles. The largest absolute Gasteiger partial charge is 0.459 e. The Morgan fingerprint density at radius 2 is 2.08 bits per heavy atom. The van der Waals surface area contributed by atoms with Crippen LogP contribution >= 0.6 is 11.8 Å². The molecule has 2 heterocycles. The van der Waals surface area contributed by atoms with Crippen LogP contribution in [0.4, 0.5) is 5.69 Å². The van der Waals surface area contributed by atoms with Gasteiger partial charge in [-0.1, -0.05) is 23.9 Å². The summed E-state index contributed by atoms with van der Waals surface area (Å²) in [6, 6.07) is 10.2. The van der Waals surface area contributed by atoms with Crippen molar-refractivity contribution in [2.24, 2.45) is 0 Å². The zero-order valence-electron chi connectivity index (χ0n) is 12.7. The lowest BCUT2D eigenvalue weighted by Crippen LogP contribution is -2.14. The summed E-state index contributed by atoms with van der Waals surface area (Å²) in [5, 5.41) is 10.7. The topological polar surface area (TPSA) is 98.2 Å². The van der Waals surface area contributed by atoms with Crippen LogP contribution in [0.3, 0.4) is 0 Å². The Morgan fingerprint density at radius 1 is 1.21 bits per heavy atom.